The number of hydrogen-bond acceptors (Lipinski definition) is 3. The van der Waals surface area contributed by atoms with Gasteiger partial charge in [-0.3, -0.25) is 0 Å². The van der Waals surface area contributed by atoms with Crippen LogP contribution in [0.15, 0.2) is 46.6 Å². The van der Waals surface area contributed by atoms with Crippen molar-refractivity contribution in [2.45, 2.75) is 84.8 Å². The predicted octanol–water partition coefficient (Wildman–Crippen LogP) is 6.71. The van der Waals surface area contributed by atoms with Crippen molar-refractivity contribution < 1.29 is 19.4 Å². The van der Waals surface area contributed by atoms with E-state index in [0.29, 0.717) is 5.57 Å². The summed E-state index contributed by atoms with van der Waals surface area (Å²) in [6.45, 7) is 8.31. The fourth-order valence-corrected chi connectivity index (χ4v) is 4.86. The third kappa shape index (κ3) is 4.44. The first-order valence-electron chi connectivity index (χ1n) is 11.7. The lowest BCUT2D eigenvalue weighted by Gasteiger charge is -2.33. The van der Waals surface area contributed by atoms with E-state index in [1.54, 1.807) is 0 Å². The van der Waals surface area contributed by atoms with Crippen LogP contribution in [-0.4, -0.2) is 23.3 Å². The Kier molecular flexibility index (Phi) is 6.27. The molecule has 1 aliphatic heterocycles. The molecule has 1 N–H and O–H groups in total. The van der Waals surface area contributed by atoms with Gasteiger partial charge < -0.3 is 14.6 Å². The van der Waals surface area contributed by atoms with Crippen LogP contribution in [0.3, 0.4) is 0 Å². The van der Waals surface area contributed by atoms with Gasteiger partial charge in [0.05, 0.1) is 11.7 Å². The van der Waals surface area contributed by atoms with Gasteiger partial charge in [-0.15, -0.1) is 0 Å². The van der Waals surface area contributed by atoms with Crippen LogP contribution in [0.2, 0.25) is 0 Å². The van der Waals surface area contributed by atoms with Crippen LogP contribution < -0.4 is 9.47 Å². The summed E-state index contributed by atoms with van der Waals surface area (Å²) in [7, 11) is 0. The van der Waals surface area contributed by atoms with Gasteiger partial charge in [-0.1, -0.05) is 19.4 Å². The van der Waals surface area contributed by atoms with E-state index in [1.807, 2.05) is 32.1 Å². The zero-order valence-electron chi connectivity index (χ0n) is 19.2. The van der Waals surface area contributed by atoms with E-state index in [4.69, 9.17) is 9.47 Å². The molecule has 3 aliphatic rings. The lowest BCUT2D eigenvalue weighted by molar-refractivity contribution is -0.132. The number of benzene rings is 1. The molecule has 0 bridgehead atoms. The molecular weight excluding hydrogens is 388 g/mol. The normalized spacial score (nSPS) is 23.0. The van der Waals surface area contributed by atoms with Crippen molar-refractivity contribution in [3.63, 3.8) is 0 Å². The van der Waals surface area contributed by atoms with Crippen molar-refractivity contribution in [1.29, 1.82) is 0 Å². The zero-order valence-corrected chi connectivity index (χ0v) is 19.2. The molecule has 0 spiro atoms. The highest BCUT2D eigenvalue weighted by molar-refractivity contribution is 5.94. The summed E-state index contributed by atoms with van der Waals surface area (Å²) < 4.78 is 12.4. The maximum absolute atomic E-state index is 12.3. The standard InChI is InChI=1S/C27H34O4/c1-16(2)26-23-15-24(27(28)29)20(18-8-7-9-18)10-5-6-11-21(23)22-13-12-19(30-17(3)4)14-25(22)31-26/h12-17,26H,5-11H2,1-4H3,(H,28,29)/b24-15+. The van der Waals surface area contributed by atoms with Crippen LogP contribution in [0.4, 0.5) is 0 Å². The van der Waals surface area contributed by atoms with E-state index in [9.17, 15) is 9.90 Å². The Morgan fingerprint density at radius 1 is 1.03 bits per heavy atom. The summed E-state index contributed by atoms with van der Waals surface area (Å²) in [6, 6.07) is 6.07. The molecule has 1 saturated carbocycles. The zero-order chi connectivity index (χ0) is 22.1. The van der Waals surface area contributed by atoms with Crippen molar-refractivity contribution in [3.05, 3.63) is 52.1 Å². The number of ether oxygens (including phenoxy) is 2. The number of aliphatic carboxylic acids is 1. The Morgan fingerprint density at radius 2 is 1.74 bits per heavy atom. The predicted molar refractivity (Wildman–Crippen MR) is 123 cm³/mol. The molecule has 0 amide bonds. The maximum Gasteiger partial charge on any atom is 0.335 e. The summed E-state index contributed by atoms with van der Waals surface area (Å²) >= 11 is 0. The molecule has 0 aromatic heterocycles. The number of fused-ring (bicyclic) bond motifs is 2. The lowest BCUT2D eigenvalue weighted by atomic mass is 9.82. The third-order valence-corrected chi connectivity index (χ3v) is 6.51. The van der Waals surface area contributed by atoms with Crippen LogP contribution in [-0.2, 0) is 4.79 Å². The fraction of sp³-hybridized carbons (Fsp3) is 0.519. The van der Waals surface area contributed by atoms with Crippen molar-refractivity contribution in [2.24, 2.45) is 5.92 Å². The Balaban J connectivity index is 1.88. The molecule has 166 valence electrons. The van der Waals surface area contributed by atoms with Gasteiger partial charge in [-0.2, -0.15) is 0 Å². The van der Waals surface area contributed by atoms with E-state index < -0.39 is 5.97 Å². The molecule has 4 heteroatoms. The SMILES string of the molecule is CC(C)Oc1ccc2c(c1)OC(C(C)C)C1=C2CCCCC(=C2CCC2)/C(C(=O)O)=C\1. The smallest absolute Gasteiger partial charge is 0.335 e. The second kappa shape index (κ2) is 8.94. The highest BCUT2D eigenvalue weighted by Gasteiger charge is 2.32. The van der Waals surface area contributed by atoms with Gasteiger partial charge in [0.15, 0.2) is 0 Å². The summed E-state index contributed by atoms with van der Waals surface area (Å²) in [6.07, 6.45) is 8.97. The Bertz CT molecular complexity index is 955. The number of carboxylic acid groups (broad SMARTS) is 1. The van der Waals surface area contributed by atoms with E-state index >= 15 is 0 Å². The number of carbonyl (C=O) groups is 1. The number of rotatable bonds is 4. The van der Waals surface area contributed by atoms with Crippen molar-refractivity contribution in [2.75, 3.05) is 0 Å². The minimum absolute atomic E-state index is 0.0984. The molecule has 1 fully saturated rings. The Labute approximate surface area is 185 Å². The summed E-state index contributed by atoms with van der Waals surface area (Å²) in [5.41, 5.74) is 6.23. The van der Waals surface area contributed by atoms with Crippen LogP contribution in [0.25, 0.3) is 5.57 Å². The molecule has 1 atom stereocenters. The number of allylic oxidation sites excluding steroid dienone is 2. The topological polar surface area (TPSA) is 55.8 Å². The number of carboxylic acids is 1. The fourth-order valence-electron chi connectivity index (χ4n) is 4.86. The lowest BCUT2D eigenvalue weighted by Crippen LogP contribution is -2.29. The minimum Gasteiger partial charge on any atom is -0.491 e. The molecule has 0 radical (unpaired) electrons. The minimum atomic E-state index is -0.822. The molecule has 1 unspecified atom stereocenters. The maximum atomic E-state index is 12.3. The van der Waals surface area contributed by atoms with E-state index in [0.717, 1.165) is 66.7 Å². The summed E-state index contributed by atoms with van der Waals surface area (Å²) in [5, 5.41) is 10.1. The average Bonchev–Trinajstić information content (AvgIpc) is 2.74. The summed E-state index contributed by atoms with van der Waals surface area (Å²) in [4.78, 5) is 12.3. The van der Waals surface area contributed by atoms with E-state index in [1.165, 1.54) is 17.6 Å². The number of hydrogen-bond donors (Lipinski definition) is 1. The molecule has 0 saturated heterocycles. The van der Waals surface area contributed by atoms with Gasteiger partial charge >= 0.3 is 5.97 Å². The van der Waals surface area contributed by atoms with Crippen molar-refractivity contribution >= 4 is 11.5 Å². The van der Waals surface area contributed by atoms with Gasteiger partial charge in [0, 0.05) is 11.6 Å². The molecule has 1 aromatic carbocycles. The Hall–Kier alpha value is -2.49. The largest absolute Gasteiger partial charge is 0.491 e. The summed E-state index contributed by atoms with van der Waals surface area (Å²) in [5.74, 6) is 1.05. The molecule has 31 heavy (non-hydrogen) atoms. The molecular formula is C27H34O4. The molecule has 4 nitrogen and oxygen atoms in total. The van der Waals surface area contributed by atoms with Crippen molar-refractivity contribution in [3.8, 4) is 11.5 Å². The second-order valence-electron chi connectivity index (χ2n) is 9.55. The first-order valence-corrected chi connectivity index (χ1v) is 11.7. The second-order valence-corrected chi connectivity index (χ2v) is 9.55. The van der Waals surface area contributed by atoms with E-state index in [2.05, 4.69) is 19.9 Å². The van der Waals surface area contributed by atoms with Gasteiger partial charge in [0.1, 0.15) is 17.6 Å². The highest BCUT2D eigenvalue weighted by atomic mass is 16.5. The molecule has 4 rings (SSSR count). The Morgan fingerprint density at radius 3 is 2.32 bits per heavy atom. The highest BCUT2D eigenvalue weighted by Crippen LogP contribution is 2.45. The van der Waals surface area contributed by atoms with Crippen LogP contribution in [0, 0.1) is 5.92 Å². The quantitative estimate of drug-likeness (QED) is 0.586. The third-order valence-electron chi connectivity index (χ3n) is 6.51. The molecule has 1 aromatic rings. The van der Waals surface area contributed by atoms with Crippen LogP contribution in [0.5, 0.6) is 11.5 Å². The van der Waals surface area contributed by atoms with Gasteiger partial charge in [-0.05, 0) is 99.6 Å². The average molecular weight is 423 g/mol. The first-order chi connectivity index (χ1) is 14.8. The van der Waals surface area contributed by atoms with Crippen LogP contribution >= 0.6 is 0 Å². The van der Waals surface area contributed by atoms with Gasteiger partial charge in [-0.25, -0.2) is 4.79 Å². The molecule has 1 heterocycles. The monoisotopic (exact) mass is 422 g/mol. The van der Waals surface area contributed by atoms with Gasteiger partial charge in [0.25, 0.3) is 0 Å². The van der Waals surface area contributed by atoms with Crippen LogP contribution in [0.1, 0.15) is 78.2 Å². The van der Waals surface area contributed by atoms with E-state index in [-0.39, 0.29) is 18.1 Å². The first kappa shape index (κ1) is 21.7. The van der Waals surface area contributed by atoms with Gasteiger partial charge in [0.2, 0.25) is 0 Å². The van der Waals surface area contributed by atoms with Crippen molar-refractivity contribution in [1.82, 2.24) is 0 Å². The molecule has 2 aliphatic carbocycles.